The van der Waals surface area contributed by atoms with Crippen molar-refractivity contribution in [1.82, 2.24) is 5.32 Å². The molecule has 1 aromatic heterocycles. The van der Waals surface area contributed by atoms with Gasteiger partial charge in [-0.2, -0.15) is 0 Å². The highest BCUT2D eigenvalue weighted by molar-refractivity contribution is 7.80. The van der Waals surface area contributed by atoms with E-state index in [2.05, 4.69) is 10.6 Å². The molecule has 0 saturated carbocycles. The van der Waals surface area contributed by atoms with E-state index in [9.17, 15) is 4.79 Å². The summed E-state index contributed by atoms with van der Waals surface area (Å²) in [5, 5.41) is 7.60. The molecule has 0 bridgehead atoms. The van der Waals surface area contributed by atoms with Gasteiger partial charge in [0.25, 0.3) is 5.91 Å². The van der Waals surface area contributed by atoms with Gasteiger partial charge in [-0.3, -0.25) is 10.1 Å². The molecule has 23 heavy (non-hydrogen) atoms. The molecular formula is C16H10Cl2N2OS2. The highest BCUT2D eigenvalue weighted by Crippen LogP contribution is 2.36. The molecule has 0 radical (unpaired) electrons. The van der Waals surface area contributed by atoms with E-state index < -0.39 is 0 Å². The molecule has 0 aliphatic rings. The highest BCUT2D eigenvalue weighted by atomic mass is 35.5. The second-order valence-corrected chi connectivity index (χ2v) is 6.93. The van der Waals surface area contributed by atoms with E-state index in [1.165, 1.54) is 11.3 Å². The van der Waals surface area contributed by atoms with Crippen LogP contribution in [0.25, 0.3) is 10.1 Å². The van der Waals surface area contributed by atoms with Crippen molar-refractivity contribution >= 4 is 73.5 Å². The summed E-state index contributed by atoms with van der Waals surface area (Å²) in [5.41, 5.74) is 0.798. The predicted molar refractivity (Wildman–Crippen MR) is 102 cm³/mol. The van der Waals surface area contributed by atoms with Crippen LogP contribution in [-0.4, -0.2) is 11.0 Å². The Labute approximate surface area is 152 Å². The van der Waals surface area contributed by atoms with Crippen molar-refractivity contribution in [1.29, 1.82) is 0 Å². The highest BCUT2D eigenvalue weighted by Gasteiger charge is 2.18. The van der Waals surface area contributed by atoms with Gasteiger partial charge < -0.3 is 5.32 Å². The molecule has 0 fully saturated rings. The fourth-order valence-corrected chi connectivity index (χ4v) is 3.93. The van der Waals surface area contributed by atoms with Crippen molar-refractivity contribution in [2.45, 2.75) is 0 Å². The van der Waals surface area contributed by atoms with E-state index in [1.54, 1.807) is 18.2 Å². The number of amides is 1. The topological polar surface area (TPSA) is 41.1 Å². The van der Waals surface area contributed by atoms with Crippen molar-refractivity contribution in [2.75, 3.05) is 5.32 Å². The molecular weight excluding hydrogens is 371 g/mol. The second-order valence-electron chi connectivity index (χ2n) is 4.66. The average Bonchev–Trinajstić information content (AvgIpc) is 2.84. The zero-order valence-corrected chi connectivity index (χ0v) is 14.7. The first-order chi connectivity index (χ1) is 11.0. The lowest BCUT2D eigenvalue weighted by molar-refractivity contribution is 0.0982. The Bertz CT molecular complexity index is 894. The number of thiocarbonyl (C=S) groups is 1. The SMILES string of the molecule is O=C(NC(=S)Nc1ccccc1)c1sc2cc(Cl)ccc2c1Cl. The smallest absolute Gasteiger partial charge is 0.269 e. The van der Waals surface area contributed by atoms with E-state index in [1.807, 2.05) is 30.3 Å². The number of nitrogens with one attached hydrogen (secondary N) is 2. The fraction of sp³-hybridized carbons (Fsp3) is 0. The number of rotatable bonds is 2. The molecule has 0 atom stereocenters. The van der Waals surface area contributed by atoms with Gasteiger partial charge in [0.2, 0.25) is 0 Å². The molecule has 116 valence electrons. The molecule has 7 heteroatoms. The van der Waals surface area contributed by atoms with Crippen LogP contribution >= 0.6 is 46.8 Å². The van der Waals surface area contributed by atoms with Crippen molar-refractivity contribution in [3.05, 3.63) is 63.5 Å². The number of thiophene rings is 1. The summed E-state index contributed by atoms with van der Waals surface area (Å²) in [7, 11) is 0. The first-order valence-electron chi connectivity index (χ1n) is 6.59. The Morgan fingerprint density at radius 1 is 1.09 bits per heavy atom. The number of hydrogen-bond donors (Lipinski definition) is 2. The van der Waals surface area contributed by atoms with E-state index >= 15 is 0 Å². The fourth-order valence-electron chi connectivity index (χ4n) is 2.03. The maximum Gasteiger partial charge on any atom is 0.269 e. The minimum atomic E-state index is -0.347. The molecule has 1 heterocycles. The van der Waals surface area contributed by atoms with Crippen LogP contribution in [0.1, 0.15) is 9.67 Å². The Kier molecular flexibility index (Phi) is 4.82. The van der Waals surface area contributed by atoms with E-state index in [4.69, 9.17) is 35.4 Å². The summed E-state index contributed by atoms with van der Waals surface area (Å²) < 4.78 is 0.856. The third kappa shape index (κ3) is 3.64. The van der Waals surface area contributed by atoms with Crippen molar-refractivity contribution < 1.29 is 4.79 Å². The van der Waals surface area contributed by atoms with Crippen molar-refractivity contribution in [2.24, 2.45) is 0 Å². The average molecular weight is 381 g/mol. The molecule has 1 amide bonds. The van der Waals surface area contributed by atoms with E-state index in [0.29, 0.717) is 14.9 Å². The summed E-state index contributed by atoms with van der Waals surface area (Å²) in [6, 6.07) is 14.7. The Morgan fingerprint density at radius 2 is 1.83 bits per heavy atom. The minimum Gasteiger partial charge on any atom is -0.332 e. The van der Waals surface area contributed by atoms with Gasteiger partial charge >= 0.3 is 0 Å². The maximum absolute atomic E-state index is 12.4. The summed E-state index contributed by atoms with van der Waals surface area (Å²) >= 11 is 18.7. The summed E-state index contributed by atoms with van der Waals surface area (Å²) in [4.78, 5) is 12.8. The number of anilines is 1. The lowest BCUT2D eigenvalue weighted by Crippen LogP contribution is -2.33. The van der Waals surface area contributed by atoms with Crippen LogP contribution in [-0.2, 0) is 0 Å². The van der Waals surface area contributed by atoms with Crippen LogP contribution in [0, 0.1) is 0 Å². The summed E-state index contributed by atoms with van der Waals surface area (Å²) in [5.74, 6) is -0.347. The zero-order chi connectivity index (χ0) is 16.4. The third-order valence-corrected chi connectivity index (χ3v) is 5.15. The molecule has 2 N–H and O–H groups in total. The normalized spacial score (nSPS) is 10.5. The number of carbonyl (C=O) groups excluding carboxylic acids is 1. The lowest BCUT2D eigenvalue weighted by atomic mass is 10.2. The van der Waals surface area contributed by atoms with Crippen molar-refractivity contribution in [3.63, 3.8) is 0 Å². The molecule has 0 saturated heterocycles. The molecule has 3 nitrogen and oxygen atoms in total. The molecule has 2 aromatic carbocycles. The Morgan fingerprint density at radius 3 is 2.57 bits per heavy atom. The van der Waals surface area contributed by atoms with Gasteiger partial charge in [-0.05, 0) is 36.5 Å². The quantitative estimate of drug-likeness (QED) is 0.589. The largest absolute Gasteiger partial charge is 0.332 e. The van der Waals surface area contributed by atoms with Gasteiger partial charge in [-0.25, -0.2) is 0 Å². The van der Waals surface area contributed by atoms with Crippen LogP contribution in [0.15, 0.2) is 48.5 Å². The van der Waals surface area contributed by atoms with Gasteiger partial charge in [-0.1, -0.05) is 47.5 Å². The van der Waals surface area contributed by atoms with Crippen LogP contribution in [0.3, 0.4) is 0 Å². The van der Waals surface area contributed by atoms with Gasteiger partial charge in [0.05, 0.1) is 5.02 Å². The minimum absolute atomic E-state index is 0.216. The second kappa shape index (κ2) is 6.84. The van der Waals surface area contributed by atoms with Crippen LogP contribution in [0.5, 0.6) is 0 Å². The molecule has 3 rings (SSSR count). The lowest BCUT2D eigenvalue weighted by Gasteiger charge is -2.08. The standard InChI is InChI=1S/C16H10Cl2N2OS2/c17-9-6-7-11-12(8-9)23-14(13(11)18)15(21)20-16(22)19-10-4-2-1-3-5-10/h1-8H,(H2,19,20,21,22). The van der Waals surface area contributed by atoms with Gasteiger partial charge in [0.15, 0.2) is 5.11 Å². The maximum atomic E-state index is 12.4. The third-order valence-electron chi connectivity index (χ3n) is 3.06. The van der Waals surface area contributed by atoms with Crippen LogP contribution < -0.4 is 10.6 Å². The Hall–Kier alpha value is -1.66. The van der Waals surface area contributed by atoms with Gasteiger partial charge in [0.1, 0.15) is 4.88 Å². The van der Waals surface area contributed by atoms with Gasteiger partial charge in [0, 0.05) is 20.8 Å². The van der Waals surface area contributed by atoms with Crippen LogP contribution in [0.4, 0.5) is 5.69 Å². The molecule has 0 aliphatic heterocycles. The zero-order valence-electron chi connectivity index (χ0n) is 11.6. The monoisotopic (exact) mass is 380 g/mol. The Balaban J connectivity index is 1.78. The summed E-state index contributed by atoms with van der Waals surface area (Å²) in [6.45, 7) is 0. The predicted octanol–water partition coefficient (Wildman–Crippen LogP) is 5.33. The number of fused-ring (bicyclic) bond motifs is 1. The van der Waals surface area contributed by atoms with E-state index in [0.717, 1.165) is 15.8 Å². The molecule has 0 spiro atoms. The number of para-hydroxylation sites is 1. The number of benzene rings is 2. The first kappa shape index (κ1) is 16.2. The first-order valence-corrected chi connectivity index (χ1v) is 8.57. The van der Waals surface area contributed by atoms with E-state index in [-0.39, 0.29) is 11.0 Å². The molecule has 3 aromatic rings. The number of hydrogen-bond acceptors (Lipinski definition) is 3. The number of carbonyl (C=O) groups is 1. The summed E-state index contributed by atoms with van der Waals surface area (Å²) in [6.07, 6.45) is 0. The van der Waals surface area contributed by atoms with Crippen molar-refractivity contribution in [3.8, 4) is 0 Å². The van der Waals surface area contributed by atoms with Gasteiger partial charge in [-0.15, -0.1) is 11.3 Å². The van der Waals surface area contributed by atoms with Crippen LogP contribution in [0.2, 0.25) is 10.0 Å². The molecule has 0 unspecified atom stereocenters. The molecule has 0 aliphatic carbocycles. The number of halogens is 2.